The van der Waals surface area contributed by atoms with Crippen LogP contribution in [0.15, 0.2) is 97.2 Å². The number of unbranched alkanes of at least 4 members (excludes halogenated alkanes) is 19. The van der Waals surface area contributed by atoms with Gasteiger partial charge in [-0.1, -0.05) is 208 Å². The topological polar surface area (TPSA) is 78.9 Å². The summed E-state index contributed by atoms with van der Waals surface area (Å²) in [6, 6.07) is 0. The molecule has 0 aromatic carbocycles. The fraction of sp³-hybridized carbons (Fsp3) is 0.672. The van der Waals surface area contributed by atoms with Gasteiger partial charge in [-0.25, -0.2) is 0 Å². The van der Waals surface area contributed by atoms with Crippen LogP contribution in [0.3, 0.4) is 0 Å². The Labute approximate surface area is 394 Å². The van der Waals surface area contributed by atoms with E-state index in [1.54, 1.807) is 0 Å². The van der Waals surface area contributed by atoms with Gasteiger partial charge in [0.15, 0.2) is 6.10 Å². The Morgan fingerprint density at radius 1 is 0.328 bits per heavy atom. The van der Waals surface area contributed by atoms with Crippen LogP contribution < -0.4 is 0 Å². The third-order valence-corrected chi connectivity index (χ3v) is 10.8. The van der Waals surface area contributed by atoms with Crippen molar-refractivity contribution in [1.29, 1.82) is 0 Å². The molecule has 0 saturated carbocycles. The van der Waals surface area contributed by atoms with E-state index in [0.29, 0.717) is 19.3 Å². The first-order valence-electron chi connectivity index (χ1n) is 26.2. The molecule has 0 radical (unpaired) electrons. The van der Waals surface area contributed by atoms with Crippen molar-refractivity contribution in [2.75, 3.05) is 13.2 Å². The summed E-state index contributed by atoms with van der Waals surface area (Å²) in [5.41, 5.74) is 0. The molecule has 0 aromatic rings. The maximum Gasteiger partial charge on any atom is 0.306 e. The van der Waals surface area contributed by atoms with Gasteiger partial charge < -0.3 is 14.2 Å². The van der Waals surface area contributed by atoms with Crippen molar-refractivity contribution >= 4 is 17.9 Å². The predicted octanol–water partition coefficient (Wildman–Crippen LogP) is 17.4. The molecule has 0 rings (SSSR count). The Balaban J connectivity index is 4.36. The van der Waals surface area contributed by atoms with Crippen molar-refractivity contribution in [3.63, 3.8) is 0 Å². The van der Waals surface area contributed by atoms with Crippen LogP contribution in [0.2, 0.25) is 0 Å². The van der Waals surface area contributed by atoms with E-state index in [-0.39, 0.29) is 31.6 Å². The molecule has 0 N–H and O–H groups in total. The molecule has 0 saturated heterocycles. The molecule has 0 heterocycles. The van der Waals surface area contributed by atoms with Gasteiger partial charge in [-0.3, -0.25) is 14.4 Å². The Hall–Kier alpha value is -3.67. The van der Waals surface area contributed by atoms with E-state index in [1.807, 2.05) is 12.2 Å². The summed E-state index contributed by atoms with van der Waals surface area (Å²) in [5, 5.41) is 0. The third-order valence-electron chi connectivity index (χ3n) is 10.8. The van der Waals surface area contributed by atoms with Gasteiger partial charge in [-0.2, -0.15) is 0 Å². The summed E-state index contributed by atoms with van der Waals surface area (Å²) in [7, 11) is 0. The number of carbonyl (C=O) groups excluding carboxylic acids is 3. The normalized spacial score (nSPS) is 12.9. The fourth-order valence-corrected chi connectivity index (χ4v) is 6.88. The second-order valence-corrected chi connectivity index (χ2v) is 17.0. The van der Waals surface area contributed by atoms with Crippen LogP contribution in [-0.2, 0) is 28.6 Å². The number of hydrogen-bond donors (Lipinski definition) is 0. The molecule has 6 nitrogen and oxygen atoms in total. The van der Waals surface area contributed by atoms with Crippen molar-refractivity contribution in [2.45, 2.75) is 239 Å². The Morgan fingerprint density at radius 2 is 0.672 bits per heavy atom. The molecule has 0 aliphatic carbocycles. The van der Waals surface area contributed by atoms with Crippen molar-refractivity contribution < 1.29 is 28.6 Å². The Morgan fingerprint density at radius 3 is 1.09 bits per heavy atom. The zero-order chi connectivity index (χ0) is 46.5. The maximum atomic E-state index is 12.7. The van der Waals surface area contributed by atoms with Crippen LogP contribution >= 0.6 is 0 Å². The molecular weight excluding hydrogens is 793 g/mol. The first-order valence-corrected chi connectivity index (χ1v) is 26.2. The lowest BCUT2D eigenvalue weighted by atomic mass is 10.1. The van der Waals surface area contributed by atoms with Crippen LogP contribution in [0.25, 0.3) is 0 Å². The average Bonchev–Trinajstić information content (AvgIpc) is 3.29. The highest BCUT2D eigenvalue weighted by Crippen LogP contribution is 2.13. The van der Waals surface area contributed by atoms with Gasteiger partial charge in [0.1, 0.15) is 13.2 Å². The summed E-state index contributed by atoms with van der Waals surface area (Å²) >= 11 is 0. The highest BCUT2D eigenvalue weighted by molar-refractivity contribution is 5.71. The average molecular weight is 889 g/mol. The minimum Gasteiger partial charge on any atom is -0.462 e. The van der Waals surface area contributed by atoms with Gasteiger partial charge in [-0.05, 0) is 103 Å². The number of allylic oxidation sites excluding steroid dienone is 16. The van der Waals surface area contributed by atoms with Crippen molar-refractivity contribution in [1.82, 2.24) is 0 Å². The highest BCUT2D eigenvalue weighted by atomic mass is 16.6. The predicted molar refractivity (Wildman–Crippen MR) is 274 cm³/mol. The van der Waals surface area contributed by atoms with Crippen LogP contribution in [0, 0.1) is 0 Å². The fourth-order valence-electron chi connectivity index (χ4n) is 6.88. The monoisotopic (exact) mass is 889 g/mol. The molecule has 6 heteroatoms. The Kier molecular flexibility index (Phi) is 49.0. The second kappa shape index (κ2) is 52.0. The number of rotatable bonds is 46. The zero-order valence-corrected chi connectivity index (χ0v) is 41.5. The number of ether oxygens (including phenoxy) is 3. The SMILES string of the molecule is CC/C=C\C/C=C\C/C=C\C/C=C\CCC(=O)OC(COC(=O)CCCCCCC/C=C\CCC)COC(=O)CCCCCCCCCC/C=C\C/C=C\C/C=C\CCCCCCC. The van der Waals surface area contributed by atoms with Gasteiger partial charge in [0.25, 0.3) is 0 Å². The number of hydrogen-bond acceptors (Lipinski definition) is 6. The quantitative estimate of drug-likeness (QED) is 0.0262. The molecule has 64 heavy (non-hydrogen) atoms. The standard InChI is InChI=1S/C58H96O6/c1-4-7-10-13-16-19-22-24-25-26-27-28-29-30-31-32-33-35-36-39-42-45-48-51-57(60)63-54-55(53-62-56(59)50-47-44-41-38-21-18-15-12-9-6-3)64-58(61)52-49-46-43-40-37-34-23-20-17-14-11-8-5-2/h8,11-12,15,17,20,22,24,26-27,29-30,34,37,43,46,55H,4-7,9-10,13-14,16,18-19,21,23,25,28,31-33,35-36,38-42,44-45,47-54H2,1-3H3/b11-8-,15-12-,20-17-,24-22-,27-26-,30-29-,37-34-,46-43-. The molecular formula is C58H96O6. The second-order valence-electron chi connectivity index (χ2n) is 17.0. The third kappa shape index (κ3) is 49.3. The molecule has 1 atom stereocenters. The molecule has 0 aromatic heterocycles. The van der Waals surface area contributed by atoms with E-state index in [2.05, 4.69) is 106 Å². The Bertz CT molecular complexity index is 1300. The lowest BCUT2D eigenvalue weighted by molar-refractivity contribution is -0.166. The van der Waals surface area contributed by atoms with Crippen LogP contribution in [0.5, 0.6) is 0 Å². The van der Waals surface area contributed by atoms with E-state index in [9.17, 15) is 14.4 Å². The van der Waals surface area contributed by atoms with E-state index in [0.717, 1.165) is 103 Å². The van der Waals surface area contributed by atoms with Gasteiger partial charge in [0.2, 0.25) is 0 Å². The number of carbonyl (C=O) groups is 3. The van der Waals surface area contributed by atoms with Gasteiger partial charge in [0, 0.05) is 19.3 Å². The molecule has 364 valence electrons. The first kappa shape index (κ1) is 60.3. The van der Waals surface area contributed by atoms with Gasteiger partial charge in [0.05, 0.1) is 0 Å². The minimum atomic E-state index is -0.821. The lowest BCUT2D eigenvalue weighted by Gasteiger charge is -2.18. The van der Waals surface area contributed by atoms with E-state index in [4.69, 9.17) is 14.2 Å². The summed E-state index contributed by atoms with van der Waals surface area (Å²) < 4.78 is 16.7. The van der Waals surface area contributed by atoms with Crippen LogP contribution in [0.1, 0.15) is 233 Å². The molecule has 0 aliphatic heterocycles. The van der Waals surface area contributed by atoms with E-state index in [1.165, 1.54) is 83.5 Å². The number of esters is 3. The first-order chi connectivity index (χ1) is 31.5. The molecule has 0 aliphatic rings. The summed E-state index contributed by atoms with van der Waals surface area (Å²) in [4.78, 5) is 37.9. The van der Waals surface area contributed by atoms with Crippen LogP contribution in [0.4, 0.5) is 0 Å². The van der Waals surface area contributed by atoms with Crippen molar-refractivity contribution in [3.8, 4) is 0 Å². The van der Waals surface area contributed by atoms with Gasteiger partial charge in [-0.15, -0.1) is 0 Å². The molecule has 0 amide bonds. The maximum absolute atomic E-state index is 12.7. The zero-order valence-electron chi connectivity index (χ0n) is 41.5. The minimum absolute atomic E-state index is 0.114. The largest absolute Gasteiger partial charge is 0.462 e. The van der Waals surface area contributed by atoms with E-state index < -0.39 is 12.1 Å². The van der Waals surface area contributed by atoms with Crippen molar-refractivity contribution in [2.24, 2.45) is 0 Å². The molecule has 0 spiro atoms. The molecule has 1 unspecified atom stereocenters. The van der Waals surface area contributed by atoms with E-state index >= 15 is 0 Å². The van der Waals surface area contributed by atoms with Crippen molar-refractivity contribution in [3.05, 3.63) is 97.2 Å². The summed E-state index contributed by atoms with van der Waals surface area (Å²) in [6.45, 7) is 6.36. The molecule has 0 bridgehead atoms. The smallest absolute Gasteiger partial charge is 0.306 e. The summed E-state index contributed by atoms with van der Waals surface area (Å²) in [5.74, 6) is -1.02. The highest BCUT2D eigenvalue weighted by Gasteiger charge is 2.19. The lowest BCUT2D eigenvalue weighted by Crippen LogP contribution is -2.30. The van der Waals surface area contributed by atoms with Gasteiger partial charge >= 0.3 is 17.9 Å². The molecule has 0 fully saturated rings. The summed E-state index contributed by atoms with van der Waals surface area (Å²) in [6.07, 6.45) is 68.5. The van der Waals surface area contributed by atoms with Crippen LogP contribution in [-0.4, -0.2) is 37.2 Å².